The van der Waals surface area contributed by atoms with E-state index in [2.05, 4.69) is 19.1 Å². The van der Waals surface area contributed by atoms with Crippen molar-refractivity contribution in [2.75, 3.05) is 6.61 Å². The Morgan fingerprint density at radius 3 is 2.78 bits per heavy atom. The fourth-order valence-corrected chi connectivity index (χ4v) is 2.00. The molecule has 2 rings (SSSR count). The van der Waals surface area contributed by atoms with Gasteiger partial charge in [-0.15, -0.1) is 0 Å². The third kappa shape index (κ3) is 4.41. The maximum Gasteiger partial charge on any atom is 0.160 e. The molecule has 0 radical (unpaired) electrons. The highest BCUT2D eigenvalue weighted by molar-refractivity contribution is 5.13. The average molecular weight is 250 g/mol. The Hall–Kier alpha value is -0.900. The molecule has 0 N–H and O–H groups in total. The van der Waals surface area contributed by atoms with Gasteiger partial charge in [0.05, 0.1) is 6.61 Å². The van der Waals surface area contributed by atoms with Crippen molar-refractivity contribution in [1.82, 2.24) is 0 Å². The quantitative estimate of drug-likeness (QED) is 0.723. The second kappa shape index (κ2) is 7.52. The molecule has 0 saturated carbocycles. The molecule has 0 spiro atoms. The molecule has 1 aliphatic heterocycles. The van der Waals surface area contributed by atoms with Gasteiger partial charge in [-0.3, -0.25) is 0 Å². The van der Waals surface area contributed by atoms with Crippen LogP contribution in [0.5, 0.6) is 0 Å². The molecule has 0 aliphatic carbocycles. The number of benzene rings is 1. The number of hydrogen-bond acceptors (Lipinski definition) is 3. The Balaban J connectivity index is 1.74. The predicted molar refractivity (Wildman–Crippen MR) is 70.0 cm³/mol. The molecule has 0 amide bonds. The van der Waals surface area contributed by atoms with E-state index >= 15 is 0 Å². The Bertz CT molecular complexity index is 320. The van der Waals surface area contributed by atoms with Crippen molar-refractivity contribution in [1.29, 1.82) is 0 Å². The lowest BCUT2D eigenvalue weighted by molar-refractivity contribution is -0.259. The summed E-state index contributed by atoms with van der Waals surface area (Å²) in [5.41, 5.74) is 1.17. The van der Waals surface area contributed by atoms with Crippen LogP contribution >= 0.6 is 0 Å². The van der Waals surface area contributed by atoms with Crippen LogP contribution in [0, 0.1) is 0 Å². The zero-order valence-electron chi connectivity index (χ0n) is 11.0. The standard InChI is InChI=1S/C15H22O3/c1-2-14(18-15-10-6-7-11-16-15)17-12-13-8-4-3-5-9-13/h3-5,8-9,14-15H,2,6-7,10-12H2,1H3/t14-,15?/m0/s1. The van der Waals surface area contributed by atoms with Gasteiger partial charge in [0.25, 0.3) is 0 Å². The van der Waals surface area contributed by atoms with Crippen LogP contribution < -0.4 is 0 Å². The number of rotatable bonds is 6. The van der Waals surface area contributed by atoms with Gasteiger partial charge in [-0.2, -0.15) is 0 Å². The zero-order valence-corrected chi connectivity index (χ0v) is 11.0. The van der Waals surface area contributed by atoms with E-state index in [4.69, 9.17) is 14.2 Å². The predicted octanol–water partition coefficient (Wildman–Crippen LogP) is 3.48. The summed E-state index contributed by atoms with van der Waals surface area (Å²) in [6.07, 6.45) is 3.88. The van der Waals surface area contributed by atoms with Crippen LogP contribution in [0.25, 0.3) is 0 Å². The van der Waals surface area contributed by atoms with Crippen LogP contribution in [0.3, 0.4) is 0 Å². The number of hydrogen-bond donors (Lipinski definition) is 0. The van der Waals surface area contributed by atoms with Gasteiger partial charge in [0, 0.05) is 6.61 Å². The summed E-state index contributed by atoms with van der Waals surface area (Å²) in [5, 5.41) is 0. The second-order valence-corrected chi connectivity index (χ2v) is 4.57. The normalized spacial score (nSPS) is 21.7. The maximum atomic E-state index is 5.82. The maximum absolute atomic E-state index is 5.82. The first-order valence-electron chi connectivity index (χ1n) is 6.81. The average Bonchev–Trinajstić information content (AvgIpc) is 2.45. The van der Waals surface area contributed by atoms with Crippen LogP contribution in [0.1, 0.15) is 38.2 Å². The first kappa shape index (κ1) is 13.5. The van der Waals surface area contributed by atoms with E-state index in [0.717, 1.165) is 25.9 Å². The molecule has 18 heavy (non-hydrogen) atoms. The van der Waals surface area contributed by atoms with Crippen molar-refractivity contribution < 1.29 is 14.2 Å². The van der Waals surface area contributed by atoms with E-state index in [9.17, 15) is 0 Å². The Morgan fingerprint density at radius 2 is 2.11 bits per heavy atom. The largest absolute Gasteiger partial charge is 0.353 e. The van der Waals surface area contributed by atoms with Gasteiger partial charge < -0.3 is 14.2 Å². The van der Waals surface area contributed by atoms with Crippen molar-refractivity contribution in [2.24, 2.45) is 0 Å². The SMILES string of the molecule is CC[C@@H](OCc1ccccc1)OC1CCCCO1. The highest BCUT2D eigenvalue weighted by Gasteiger charge is 2.19. The minimum atomic E-state index is -0.173. The molecule has 100 valence electrons. The smallest absolute Gasteiger partial charge is 0.160 e. The molecule has 1 unspecified atom stereocenters. The van der Waals surface area contributed by atoms with E-state index in [1.807, 2.05) is 18.2 Å². The van der Waals surface area contributed by atoms with E-state index in [-0.39, 0.29) is 12.6 Å². The van der Waals surface area contributed by atoms with Gasteiger partial charge in [0.15, 0.2) is 12.6 Å². The van der Waals surface area contributed by atoms with Crippen molar-refractivity contribution in [3.8, 4) is 0 Å². The van der Waals surface area contributed by atoms with Crippen LogP contribution in [0.15, 0.2) is 30.3 Å². The van der Waals surface area contributed by atoms with Gasteiger partial charge in [0.2, 0.25) is 0 Å². The minimum absolute atomic E-state index is 0.0838. The summed E-state index contributed by atoms with van der Waals surface area (Å²) in [5.74, 6) is 0. The molecular weight excluding hydrogens is 228 g/mol. The third-order valence-corrected chi connectivity index (χ3v) is 3.05. The van der Waals surface area contributed by atoms with Gasteiger partial charge >= 0.3 is 0 Å². The monoisotopic (exact) mass is 250 g/mol. The number of ether oxygens (including phenoxy) is 3. The third-order valence-electron chi connectivity index (χ3n) is 3.05. The highest BCUT2D eigenvalue weighted by atomic mass is 16.8. The summed E-state index contributed by atoms with van der Waals surface area (Å²) in [6, 6.07) is 10.2. The highest BCUT2D eigenvalue weighted by Crippen LogP contribution is 2.17. The fraction of sp³-hybridized carbons (Fsp3) is 0.600. The van der Waals surface area contributed by atoms with E-state index in [1.54, 1.807) is 0 Å². The zero-order chi connectivity index (χ0) is 12.6. The van der Waals surface area contributed by atoms with E-state index in [0.29, 0.717) is 6.61 Å². The summed E-state index contributed by atoms with van der Waals surface area (Å²) >= 11 is 0. The molecule has 3 heteroatoms. The molecule has 1 saturated heterocycles. The second-order valence-electron chi connectivity index (χ2n) is 4.57. The van der Waals surface area contributed by atoms with Crippen LogP contribution in [-0.2, 0) is 20.8 Å². The first-order chi connectivity index (χ1) is 8.88. The van der Waals surface area contributed by atoms with Crippen LogP contribution in [0.2, 0.25) is 0 Å². The summed E-state index contributed by atoms with van der Waals surface area (Å²) in [7, 11) is 0. The molecule has 1 fully saturated rings. The fourth-order valence-electron chi connectivity index (χ4n) is 2.00. The van der Waals surface area contributed by atoms with Crippen molar-refractivity contribution in [2.45, 2.75) is 51.8 Å². The van der Waals surface area contributed by atoms with Gasteiger partial charge in [-0.05, 0) is 31.2 Å². The lowest BCUT2D eigenvalue weighted by Crippen LogP contribution is -2.29. The molecule has 1 aromatic carbocycles. The Labute approximate surface area is 109 Å². The Kier molecular flexibility index (Phi) is 5.65. The van der Waals surface area contributed by atoms with Crippen molar-refractivity contribution in [3.05, 3.63) is 35.9 Å². The molecule has 1 heterocycles. The molecular formula is C15H22O3. The molecule has 0 aromatic heterocycles. The van der Waals surface area contributed by atoms with Crippen LogP contribution in [-0.4, -0.2) is 19.2 Å². The summed E-state index contributed by atoms with van der Waals surface area (Å²) in [6.45, 7) is 3.46. The summed E-state index contributed by atoms with van der Waals surface area (Å²) < 4.78 is 17.2. The van der Waals surface area contributed by atoms with E-state index < -0.39 is 0 Å². The van der Waals surface area contributed by atoms with Gasteiger partial charge in [0.1, 0.15) is 0 Å². The van der Waals surface area contributed by atoms with Gasteiger partial charge in [-0.1, -0.05) is 37.3 Å². The van der Waals surface area contributed by atoms with Gasteiger partial charge in [-0.25, -0.2) is 0 Å². The Morgan fingerprint density at radius 1 is 1.28 bits per heavy atom. The topological polar surface area (TPSA) is 27.7 Å². The van der Waals surface area contributed by atoms with Crippen LogP contribution in [0.4, 0.5) is 0 Å². The lowest BCUT2D eigenvalue weighted by Gasteiger charge is -2.27. The molecule has 1 aliphatic rings. The molecule has 2 atom stereocenters. The van der Waals surface area contributed by atoms with Crippen molar-refractivity contribution in [3.63, 3.8) is 0 Å². The minimum Gasteiger partial charge on any atom is -0.353 e. The first-order valence-corrected chi connectivity index (χ1v) is 6.81. The lowest BCUT2D eigenvalue weighted by atomic mass is 10.2. The molecule has 1 aromatic rings. The molecule has 0 bridgehead atoms. The molecule has 3 nitrogen and oxygen atoms in total. The van der Waals surface area contributed by atoms with E-state index in [1.165, 1.54) is 12.0 Å². The summed E-state index contributed by atoms with van der Waals surface area (Å²) in [4.78, 5) is 0. The van der Waals surface area contributed by atoms with Crippen molar-refractivity contribution >= 4 is 0 Å².